The molecule has 0 saturated carbocycles. The SMILES string of the molecule is CCNS(=O)(=O)c1cnn(CCN)c1. The Balaban J connectivity index is 2.86. The number of rotatable bonds is 5. The molecule has 1 rings (SSSR count). The highest BCUT2D eigenvalue weighted by atomic mass is 32.2. The molecule has 0 bridgehead atoms. The first-order valence-electron chi connectivity index (χ1n) is 4.32. The van der Waals surface area contributed by atoms with Gasteiger partial charge in [-0.3, -0.25) is 4.68 Å². The van der Waals surface area contributed by atoms with E-state index >= 15 is 0 Å². The monoisotopic (exact) mass is 218 g/mol. The number of hydrogen-bond donors (Lipinski definition) is 2. The Bertz CT molecular complexity index is 384. The molecular weight excluding hydrogens is 204 g/mol. The van der Waals surface area contributed by atoms with E-state index in [-0.39, 0.29) is 4.90 Å². The van der Waals surface area contributed by atoms with Crippen molar-refractivity contribution in [2.75, 3.05) is 13.1 Å². The maximum Gasteiger partial charge on any atom is 0.243 e. The number of nitrogens with zero attached hydrogens (tertiary/aromatic N) is 2. The number of nitrogens with one attached hydrogen (secondary N) is 1. The van der Waals surface area contributed by atoms with Crippen LogP contribution >= 0.6 is 0 Å². The molecule has 1 heterocycles. The van der Waals surface area contributed by atoms with Crippen LogP contribution in [-0.2, 0) is 16.6 Å². The van der Waals surface area contributed by atoms with Crippen molar-refractivity contribution in [1.29, 1.82) is 0 Å². The van der Waals surface area contributed by atoms with E-state index < -0.39 is 10.0 Å². The molecule has 6 nitrogen and oxygen atoms in total. The predicted octanol–water partition coefficient (Wildman–Crippen LogP) is -0.860. The van der Waals surface area contributed by atoms with Gasteiger partial charge < -0.3 is 5.73 Å². The summed E-state index contributed by atoms with van der Waals surface area (Å²) < 4.78 is 26.8. The Labute approximate surface area is 83.1 Å². The molecule has 0 spiro atoms. The van der Waals surface area contributed by atoms with Crippen LogP contribution in [0.25, 0.3) is 0 Å². The van der Waals surface area contributed by atoms with Crippen LogP contribution in [0.5, 0.6) is 0 Å². The standard InChI is InChI=1S/C7H14N4O2S/c1-2-10-14(12,13)7-5-9-11(6-7)4-3-8/h5-6,10H,2-4,8H2,1H3. The van der Waals surface area contributed by atoms with Crippen molar-refractivity contribution < 1.29 is 8.42 Å². The van der Waals surface area contributed by atoms with Crippen molar-refractivity contribution >= 4 is 10.0 Å². The van der Waals surface area contributed by atoms with Crippen LogP contribution in [-0.4, -0.2) is 31.3 Å². The van der Waals surface area contributed by atoms with Crippen molar-refractivity contribution in [2.24, 2.45) is 5.73 Å². The molecule has 0 radical (unpaired) electrons. The molecule has 0 atom stereocenters. The van der Waals surface area contributed by atoms with Gasteiger partial charge in [-0.1, -0.05) is 6.92 Å². The van der Waals surface area contributed by atoms with E-state index in [0.29, 0.717) is 19.6 Å². The highest BCUT2D eigenvalue weighted by molar-refractivity contribution is 7.89. The first kappa shape index (κ1) is 11.2. The van der Waals surface area contributed by atoms with Crippen molar-refractivity contribution in [3.8, 4) is 0 Å². The molecule has 0 aromatic carbocycles. The molecule has 0 amide bonds. The van der Waals surface area contributed by atoms with Crippen molar-refractivity contribution in [3.05, 3.63) is 12.4 Å². The summed E-state index contributed by atoms with van der Waals surface area (Å²) in [6.45, 7) is 3.04. The highest BCUT2D eigenvalue weighted by Gasteiger charge is 2.14. The lowest BCUT2D eigenvalue weighted by Crippen LogP contribution is -2.22. The third-order valence-corrected chi connectivity index (χ3v) is 3.11. The van der Waals surface area contributed by atoms with Crippen molar-refractivity contribution in [1.82, 2.24) is 14.5 Å². The zero-order valence-corrected chi connectivity index (χ0v) is 8.79. The van der Waals surface area contributed by atoms with Gasteiger partial charge in [-0.2, -0.15) is 5.10 Å². The third kappa shape index (κ3) is 2.53. The highest BCUT2D eigenvalue weighted by Crippen LogP contribution is 2.05. The van der Waals surface area contributed by atoms with Gasteiger partial charge in [-0.25, -0.2) is 13.1 Å². The lowest BCUT2D eigenvalue weighted by Gasteiger charge is -1.99. The van der Waals surface area contributed by atoms with Gasteiger partial charge in [0.2, 0.25) is 10.0 Å². The second-order valence-corrected chi connectivity index (χ2v) is 4.50. The topological polar surface area (TPSA) is 90.0 Å². The van der Waals surface area contributed by atoms with Crippen LogP contribution in [0.2, 0.25) is 0 Å². The molecule has 0 aliphatic heterocycles. The van der Waals surface area contributed by atoms with Crippen LogP contribution in [0.1, 0.15) is 6.92 Å². The van der Waals surface area contributed by atoms with Crippen LogP contribution in [0, 0.1) is 0 Å². The molecule has 0 saturated heterocycles. The number of aromatic nitrogens is 2. The second kappa shape index (κ2) is 4.54. The van der Waals surface area contributed by atoms with Gasteiger partial charge in [0.15, 0.2) is 0 Å². The Morgan fingerprint density at radius 3 is 2.93 bits per heavy atom. The minimum Gasteiger partial charge on any atom is -0.329 e. The fraction of sp³-hybridized carbons (Fsp3) is 0.571. The molecule has 1 aromatic heterocycles. The molecular formula is C7H14N4O2S. The van der Waals surface area contributed by atoms with Crippen molar-refractivity contribution in [3.63, 3.8) is 0 Å². The van der Waals surface area contributed by atoms with Gasteiger partial charge in [0, 0.05) is 19.3 Å². The summed E-state index contributed by atoms with van der Waals surface area (Å²) >= 11 is 0. The minimum absolute atomic E-state index is 0.174. The van der Waals surface area contributed by atoms with E-state index in [1.165, 1.54) is 17.1 Å². The summed E-state index contributed by atoms with van der Waals surface area (Å²) in [6.07, 6.45) is 2.78. The molecule has 14 heavy (non-hydrogen) atoms. The lowest BCUT2D eigenvalue weighted by molar-refractivity contribution is 0.583. The maximum atomic E-state index is 11.5. The van der Waals surface area contributed by atoms with Gasteiger partial charge in [0.1, 0.15) is 4.90 Å². The third-order valence-electron chi connectivity index (χ3n) is 1.61. The normalized spacial score (nSPS) is 11.9. The first-order chi connectivity index (χ1) is 6.60. The largest absolute Gasteiger partial charge is 0.329 e. The first-order valence-corrected chi connectivity index (χ1v) is 5.80. The number of hydrogen-bond acceptors (Lipinski definition) is 4. The summed E-state index contributed by atoms with van der Waals surface area (Å²) in [5.74, 6) is 0. The Kier molecular flexibility index (Phi) is 3.62. The maximum absolute atomic E-state index is 11.5. The summed E-state index contributed by atoms with van der Waals surface area (Å²) in [4.78, 5) is 0.174. The van der Waals surface area contributed by atoms with Gasteiger partial charge in [0.05, 0.1) is 12.7 Å². The zero-order valence-electron chi connectivity index (χ0n) is 7.97. The Morgan fingerprint density at radius 1 is 1.64 bits per heavy atom. The van der Waals surface area contributed by atoms with E-state index in [2.05, 4.69) is 9.82 Å². The minimum atomic E-state index is -3.38. The average molecular weight is 218 g/mol. The summed E-state index contributed by atoms with van der Waals surface area (Å²) in [6, 6.07) is 0. The van der Waals surface area contributed by atoms with E-state index in [9.17, 15) is 8.42 Å². The molecule has 1 aromatic rings. The molecule has 0 unspecified atom stereocenters. The average Bonchev–Trinajstić information content (AvgIpc) is 2.54. The van der Waals surface area contributed by atoms with Crippen LogP contribution < -0.4 is 10.5 Å². The van der Waals surface area contributed by atoms with Gasteiger partial charge in [0.25, 0.3) is 0 Å². The van der Waals surface area contributed by atoms with Gasteiger partial charge in [-0.15, -0.1) is 0 Å². The number of sulfonamides is 1. The van der Waals surface area contributed by atoms with Crippen LogP contribution in [0.15, 0.2) is 17.3 Å². The fourth-order valence-electron chi connectivity index (χ4n) is 1.01. The zero-order chi connectivity index (χ0) is 10.6. The summed E-state index contributed by atoms with van der Waals surface area (Å²) in [7, 11) is -3.38. The predicted molar refractivity (Wildman–Crippen MR) is 52.1 cm³/mol. The van der Waals surface area contributed by atoms with Gasteiger partial charge >= 0.3 is 0 Å². The van der Waals surface area contributed by atoms with E-state index in [1.807, 2.05) is 0 Å². The Hall–Kier alpha value is -0.920. The lowest BCUT2D eigenvalue weighted by atomic mass is 10.6. The van der Waals surface area contributed by atoms with Crippen LogP contribution in [0.4, 0.5) is 0 Å². The summed E-state index contributed by atoms with van der Waals surface area (Å²) in [5, 5.41) is 3.87. The fourth-order valence-corrected chi connectivity index (χ4v) is 2.00. The van der Waals surface area contributed by atoms with E-state index in [1.54, 1.807) is 6.92 Å². The van der Waals surface area contributed by atoms with Crippen molar-refractivity contribution in [2.45, 2.75) is 18.4 Å². The van der Waals surface area contributed by atoms with Gasteiger partial charge in [-0.05, 0) is 0 Å². The molecule has 0 aliphatic rings. The molecule has 80 valence electrons. The van der Waals surface area contributed by atoms with Crippen LogP contribution in [0.3, 0.4) is 0 Å². The number of nitrogens with two attached hydrogens (primary N) is 1. The second-order valence-electron chi connectivity index (χ2n) is 2.73. The molecule has 3 N–H and O–H groups in total. The molecule has 0 fully saturated rings. The summed E-state index contributed by atoms with van der Waals surface area (Å²) in [5.41, 5.74) is 5.31. The molecule has 7 heteroatoms. The quantitative estimate of drug-likeness (QED) is 0.673. The Morgan fingerprint density at radius 2 is 2.36 bits per heavy atom. The smallest absolute Gasteiger partial charge is 0.243 e. The van der Waals surface area contributed by atoms with E-state index in [4.69, 9.17) is 5.73 Å². The molecule has 0 aliphatic carbocycles. The van der Waals surface area contributed by atoms with E-state index in [0.717, 1.165) is 0 Å².